The van der Waals surface area contributed by atoms with Gasteiger partial charge in [-0.15, -0.1) is 0 Å². The molecule has 0 saturated carbocycles. The summed E-state index contributed by atoms with van der Waals surface area (Å²) in [5, 5.41) is 22.8. The van der Waals surface area contributed by atoms with Gasteiger partial charge in [0.1, 0.15) is 0 Å². The van der Waals surface area contributed by atoms with Gasteiger partial charge in [-0.3, -0.25) is 10.0 Å². The number of phenols is 1. The van der Waals surface area contributed by atoms with Gasteiger partial charge in [-0.05, 0) is 35.4 Å². The van der Waals surface area contributed by atoms with E-state index in [1.54, 1.807) is 23.7 Å². The molecule has 0 radical (unpaired) electrons. The van der Waals surface area contributed by atoms with E-state index in [4.69, 9.17) is 5.21 Å². The van der Waals surface area contributed by atoms with Crippen LogP contribution in [0.15, 0.2) is 36.4 Å². The molecule has 0 saturated heterocycles. The molecule has 0 aliphatic carbocycles. The van der Waals surface area contributed by atoms with Gasteiger partial charge in [0.15, 0.2) is 11.6 Å². The number of fused-ring (bicyclic) bond motifs is 3. The maximum Gasteiger partial charge on any atom is 0.274 e. The number of nitrogens with one attached hydrogen (secondary N) is 2. The summed E-state index contributed by atoms with van der Waals surface area (Å²) in [4.78, 5) is 11.4. The summed E-state index contributed by atoms with van der Waals surface area (Å²) >= 11 is 0. The van der Waals surface area contributed by atoms with Crippen molar-refractivity contribution in [1.29, 1.82) is 0 Å². The average molecular weight is 355 g/mol. The maximum absolute atomic E-state index is 13.9. The zero-order chi connectivity index (χ0) is 18.3. The molecule has 2 aromatic carbocycles. The van der Waals surface area contributed by atoms with Crippen LogP contribution in [-0.2, 0) is 19.5 Å². The summed E-state index contributed by atoms with van der Waals surface area (Å²) in [5.41, 5.74) is 5.73. The third kappa shape index (κ3) is 2.61. The number of hydrogen-bond acceptors (Lipinski definition) is 4. The van der Waals surface area contributed by atoms with Crippen LogP contribution in [0.5, 0.6) is 5.75 Å². The Hall–Kier alpha value is -2.90. The van der Waals surface area contributed by atoms with Gasteiger partial charge in [0, 0.05) is 42.7 Å². The van der Waals surface area contributed by atoms with Gasteiger partial charge in [-0.1, -0.05) is 12.1 Å². The smallest absolute Gasteiger partial charge is 0.274 e. The van der Waals surface area contributed by atoms with Crippen LogP contribution in [0.4, 0.5) is 4.39 Å². The van der Waals surface area contributed by atoms with Crippen LogP contribution in [0.3, 0.4) is 0 Å². The molecule has 1 aliphatic heterocycles. The van der Waals surface area contributed by atoms with Crippen LogP contribution in [0.2, 0.25) is 0 Å². The number of hydroxylamine groups is 1. The third-order valence-electron chi connectivity index (χ3n) is 4.87. The van der Waals surface area contributed by atoms with Crippen LogP contribution in [0.1, 0.15) is 27.2 Å². The lowest BCUT2D eigenvalue weighted by atomic mass is 10.1. The van der Waals surface area contributed by atoms with Crippen LogP contribution in [0.25, 0.3) is 10.9 Å². The van der Waals surface area contributed by atoms with Crippen LogP contribution < -0.4 is 10.8 Å². The second kappa shape index (κ2) is 6.44. The van der Waals surface area contributed by atoms with Crippen molar-refractivity contribution in [1.82, 2.24) is 15.4 Å². The van der Waals surface area contributed by atoms with Crippen molar-refractivity contribution >= 4 is 16.8 Å². The van der Waals surface area contributed by atoms with Crippen molar-refractivity contribution in [2.24, 2.45) is 0 Å². The summed E-state index contributed by atoms with van der Waals surface area (Å²) in [6.45, 7) is 1.95. The molecule has 1 aromatic heterocycles. The molecule has 0 fully saturated rings. The van der Waals surface area contributed by atoms with E-state index in [9.17, 15) is 14.3 Å². The highest BCUT2D eigenvalue weighted by atomic mass is 19.1. The van der Waals surface area contributed by atoms with Crippen molar-refractivity contribution in [3.8, 4) is 5.75 Å². The molecule has 4 rings (SSSR count). The monoisotopic (exact) mass is 355 g/mol. The first-order chi connectivity index (χ1) is 12.6. The first kappa shape index (κ1) is 16.6. The molecule has 6 nitrogen and oxygen atoms in total. The topological polar surface area (TPSA) is 86.5 Å². The Morgan fingerprint density at radius 3 is 2.73 bits per heavy atom. The van der Waals surface area contributed by atoms with E-state index >= 15 is 0 Å². The van der Waals surface area contributed by atoms with Gasteiger partial charge in [0.2, 0.25) is 0 Å². The van der Waals surface area contributed by atoms with E-state index in [1.807, 2.05) is 12.1 Å². The molecule has 3 aromatic rings. The lowest BCUT2D eigenvalue weighted by molar-refractivity contribution is 0.0706. The van der Waals surface area contributed by atoms with Crippen LogP contribution in [-0.4, -0.2) is 27.3 Å². The number of amides is 1. The predicted molar refractivity (Wildman–Crippen MR) is 93.8 cm³/mol. The fraction of sp³-hybridized carbons (Fsp3) is 0.211. The molecule has 0 spiro atoms. The highest BCUT2D eigenvalue weighted by molar-refractivity contribution is 5.93. The van der Waals surface area contributed by atoms with E-state index in [-0.39, 0.29) is 5.75 Å². The molecule has 26 heavy (non-hydrogen) atoms. The minimum atomic E-state index is -0.623. The SMILES string of the molecule is O=C(NO)c1ccc(Cn2c3c(c4c(O)c(F)ccc42)CNCC3)cc1. The Balaban J connectivity index is 1.79. The zero-order valence-electron chi connectivity index (χ0n) is 13.9. The Morgan fingerprint density at radius 1 is 1.23 bits per heavy atom. The number of carbonyl (C=O) groups is 1. The summed E-state index contributed by atoms with van der Waals surface area (Å²) in [7, 11) is 0. The molecule has 7 heteroatoms. The predicted octanol–water partition coefficient (Wildman–Crippen LogP) is 2.30. The molecule has 1 aliphatic rings. The average Bonchev–Trinajstić information content (AvgIpc) is 2.99. The van der Waals surface area contributed by atoms with Gasteiger partial charge in [0.05, 0.1) is 5.52 Å². The minimum Gasteiger partial charge on any atom is -0.504 e. The molecule has 2 heterocycles. The summed E-state index contributed by atoms with van der Waals surface area (Å²) in [5.74, 6) is -1.50. The van der Waals surface area contributed by atoms with Crippen molar-refractivity contribution in [3.05, 3.63) is 64.6 Å². The number of benzene rings is 2. The molecule has 0 bridgehead atoms. The van der Waals surface area contributed by atoms with Crippen molar-refractivity contribution in [3.63, 3.8) is 0 Å². The molecule has 0 unspecified atom stereocenters. The Labute approximate surface area is 148 Å². The van der Waals surface area contributed by atoms with E-state index in [0.29, 0.717) is 24.0 Å². The molecule has 1 amide bonds. The van der Waals surface area contributed by atoms with Gasteiger partial charge in [0.25, 0.3) is 5.91 Å². The minimum absolute atomic E-state index is 0.309. The van der Waals surface area contributed by atoms with E-state index in [0.717, 1.165) is 35.3 Å². The Bertz CT molecular complexity index is 996. The molecule has 134 valence electrons. The molecule has 0 atom stereocenters. The third-order valence-corrected chi connectivity index (χ3v) is 4.87. The standard InChI is InChI=1S/C19H18FN3O3/c20-14-5-6-16-17(18(14)24)13-9-21-8-7-15(13)23(16)10-11-1-3-12(4-2-11)19(25)22-26/h1-6,21,24,26H,7-10H2,(H,22,25). The highest BCUT2D eigenvalue weighted by Crippen LogP contribution is 2.36. The van der Waals surface area contributed by atoms with Gasteiger partial charge >= 0.3 is 0 Å². The van der Waals surface area contributed by atoms with Crippen molar-refractivity contribution in [2.75, 3.05) is 6.54 Å². The van der Waals surface area contributed by atoms with Gasteiger partial charge < -0.3 is 15.0 Å². The number of carbonyl (C=O) groups excluding carboxylic acids is 1. The summed E-state index contributed by atoms with van der Waals surface area (Å²) in [6, 6.07) is 9.87. The number of hydrogen-bond donors (Lipinski definition) is 4. The second-order valence-electron chi connectivity index (χ2n) is 6.37. The van der Waals surface area contributed by atoms with Crippen molar-refractivity contribution in [2.45, 2.75) is 19.5 Å². The van der Waals surface area contributed by atoms with Crippen molar-refractivity contribution < 1.29 is 19.5 Å². The first-order valence-electron chi connectivity index (χ1n) is 8.35. The summed E-state index contributed by atoms with van der Waals surface area (Å²) < 4.78 is 16.0. The van der Waals surface area contributed by atoms with Crippen LogP contribution >= 0.6 is 0 Å². The van der Waals surface area contributed by atoms with Crippen LogP contribution in [0, 0.1) is 5.82 Å². The normalized spacial score (nSPS) is 13.6. The van der Waals surface area contributed by atoms with Gasteiger partial charge in [-0.25, -0.2) is 9.87 Å². The fourth-order valence-electron chi connectivity index (χ4n) is 3.62. The quantitative estimate of drug-likeness (QED) is 0.429. The van der Waals surface area contributed by atoms with E-state index in [1.165, 1.54) is 6.07 Å². The number of phenolic OH excluding ortho intramolecular Hbond substituents is 1. The van der Waals surface area contributed by atoms with E-state index < -0.39 is 11.7 Å². The highest BCUT2D eigenvalue weighted by Gasteiger charge is 2.23. The lowest BCUT2D eigenvalue weighted by Gasteiger charge is -2.17. The Kier molecular flexibility index (Phi) is 4.10. The maximum atomic E-state index is 13.9. The largest absolute Gasteiger partial charge is 0.504 e. The van der Waals surface area contributed by atoms with Gasteiger partial charge in [-0.2, -0.15) is 0 Å². The molecule has 4 N–H and O–H groups in total. The number of halogens is 1. The Morgan fingerprint density at radius 2 is 2.00 bits per heavy atom. The van der Waals surface area contributed by atoms with E-state index in [2.05, 4.69) is 9.88 Å². The molecular weight excluding hydrogens is 337 g/mol. The second-order valence-corrected chi connectivity index (χ2v) is 6.37. The number of nitrogens with zero attached hydrogens (tertiary/aromatic N) is 1. The first-order valence-corrected chi connectivity index (χ1v) is 8.35. The lowest BCUT2D eigenvalue weighted by Crippen LogP contribution is -2.24. The fourth-order valence-corrected chi connectivity index (χ4v) is 3.62. The number of rotatable bonds is 3. The summed E-state index contributed by atoms with van der Waals surface area (Å²) in [6.07, 6.45) is 0.788. The molecular formula is C19H18FN3O3. The zero-order valence-corrected chi connectivity index (χ0v) is 13.9. The number of aromatic nitrogens is 1. The number of aromatic hydroxyl groups is 1.